The Balaban J connectivity index is 1.97. The molecule has 1 heterocycles. The zero-order valence-electron chi connectivity index (χ0n) is 11.4. The van der Waals surface area contributed by atoms with Crippen LogP contribution in [0, 0.1) is 0 Å². The third-order valence-electron chi connectivity index (χ3n) is 3.25. The molecule has 0 atom stereocenters. The molecule has 0 aliphatic carbocycles. The lowest BCUT2D eigenvalue weighted by molar-refractivity contribution is -0.132. The molecule has 0 saturated carbocycles. The first kappa shape index (κ1) is 14.8. The van der Waals surface area contributed by atoms with E-state index in [4.69, 9.17) is 0 Å². The van der Waals surface area contributed by atoms with Crippen molar-refractivity contribution in [3.05, 3.63) is 30.3 Å². The second kappa shape index (κ2) is 6.23. The normalized spacial score (nSPS) is 16.9. The van der Waals surface area contributed by atoms with Crippen LogP contribution in [0.3, 0.4) is 0 Å². The Labute approximate surface area is 119 Å². The largest absolute Gasteiger partial charge is 0.340 e. The number of amides is 1. The van der Waals surface area contributed by atoms with E-state index in [1.807, 2.05) is 13.0 Å². The van der Waals surface area contributed by atoms with Crippen molar-refractivity contribution in [1.29, 1.82) is 0 Å². The first-order valence-corrected chi connectivity index (χ1v) is 8.07. The zero-order valence-corrected chi connectivity index (χ0v) is 12.3. The minimum absolute atomic E-state index is 0.0677. The number of nitrogens with zero attached hydrogens (tertiary/aromatic N) is 2. The van der Waals surface area contributed by atoms with Crippen LogP contribution in [0.4, 0.5) is 5.69 Å². The van der Waals surface area contributed by atoms with Crippen molar-refractivity contribution in [2.45, 2.75) is 13.3 Å². The molecule has 1 N–H and O–H groups in total. The van der Waals surface area contributed by atoms with Crippen molar-refractivity contribution in [3.8, 4) is 0 Å². The highest BCUT2D eigenvalue weighted by molar-refractivity contribution is 7.90. The van der Waals surface area contributed by atoms with E-state index in [9.17, 15) is 13.2 Å². The van der Waals surface area contributed by atoms with Gasteiger partial charge in [-0.15, -0.1) is 0 Å². The van der Waals surface area contributed by atoms with Gasteiger partial charge in [0.15, 0.2) is 0 Å². The van der Waals surface area contributed by atoms with Crippen LogP contribution in [0.25, 0.3) is 0 Å². The quantitative estimate of drug-likeness (QED) is 0.897. The number of anilines is 1. The minimum atomic E-state index is -3.55. The summed E-state index contributed by atoms with van der Waals surface area (Å²) in [7, 11) is -3.55. The van der Waals surface area contributed by atoms with Gasteiger partial charge in [-0.2, -0.15) is 12.7 Å². The van der Waals surface area contributed by atoms with Crippen molar-refractivity contribution in [2.24, 2.45) is 0 Å². The van der Waals surface area contributed by atoms with E-state index in [2.05, 4.69) is 4.72 Å². The Morgan fingerprint density at radius 1 is 1.15 bits per heavy atom. The molecule has 0 radical (unpaired) electrons. The number of carbonyl (C=O) groups excluding carboxylic acids is 1. The lowest BCUT2D eigenvalue weighted by atomic mass is 10.3. The van der Waals surface area contributed by atoms with Crippen LogP contribution >= 0.6 is 0 Å². The van der Waals surface area contributed by atoms with Crippen molar-refractivity contribution >= 4 is 21.8 Å². The van der Waals surface area contributed by atoms with Crippen molar-refractivity contribution in [3.63, 3.8) is 0 Å². The highest BCUT2D eigenvalue weighted by atomic mass is 32.2. The molecule has 1 amide bonds. The molecule has 6 nitrogen and oxygen atoms in total. The number of benzene rings is 1. The maximum atomic E-state index is 12.2. The summed E-state index contributed by atoms with van der Waals surface area (Å²) < 4.78 is 28.3. The molecule has 0 bridgehead atoms. The van der Waals surface area contributed by atoms with E-state index in [1.165, 1.54) is 4.31 Å². The topological polar surface area (TPSA) is 69.7 Å². The van der Waals surface area contributed by atoms with Gasteiger partial charge in [0.1, 0.15) is 0 Å². The number of para-hydroxylation sites is 1. The molecule has 110 valence electrons. The number of hydrogen-bond acceptors (Lipinski definition) is 3. The number of hydrogen-bond donors (Lipinski definition) is 1. The molecule has 1 fully saturated rings. The van der Waals surface area contributed by atoms with Gasteiger partial charge < -0.3 is 4.90 Å². The maximum Gasteiger partial charge on any atom is 0.301 e. The van der Waals surface area contributed by atoms with Crippen LogP contribution < -0.4 is 4.72 Å². The SMILES string of the molecule is CCC(=O)N1CCN(S(=O)(=O)Nc2ccccc2)CC1. The van der Waals surface area contributed by atoms with Gasteiger partial charge in [0.2, 0.25) is 5.91 Å². The lowest BCUT2D eigenvalue weighted by Gasteiger charge is -2.33. The molecule has 20 heavy (non-hydrogen) atoms. The Morgan fingerprint density at radius 2 is 1.75 bits per heavy atom. The summed E-state index contributed by atoms with van der Waals surface area (Å²) in [5.41, 5.74) is 0.541. The van der Waals surface area contributed by atoms with Crippen LogP contribution in [0.5, 0.6) is 0 Å². The zero-order chi connectivity index (χ0) is 14.6. The highest BCUT2D eigenvalue weighted by Gasteiger charge is 2.28. The van der Waals surface area contributed by atoms with E-state index in [0.717, 1.165) is 0 Å². The molecular weight excluding hydrogens is 278 g/mol. The maximum absolute atomic E-state index is 12.2. The number of rotatable bonds is 4. The summed E-state index contributed by atoms with van der Waals surface area (Å²) >= 11 is 0. The van der Waals surface area contributed by atoms with Gasteiger partial charge in [0.05, 0.1) is 0 Å². The fourth-order valence-corrected chi connectivity index (χ4v) is 3.33. The van der Waals surface area contributed by atoms with E-state index in [1.54, 1.807) is 29.2 Å². The number of carbonyl (C=O) groups is 1. The molecule has 1 aliphatic heterocycles. The molecule has 1 saturated heterocycles. The van der Waals surface area contributed by atoms with E-state index in [-0.39, 0.29) is 5.91 Å². The Kier molecular flexibility index (Phi) is 4.61. The summed E-state index contributed by atoms with van der Waals surface area (Å²) in [4.78, 5) is 13.3. The Bertz CT molecular complexity index is 551. The minimum Gasteiger partial charge on any atom is -0.340 e. The Hall–Kier alpha value is -1.60. The van der Waals surface area contributed by atoms with Crippen LogP contribution in [0.2, 0.25) is 0 Å². The molecule has 1 aromatic rings. The molecule has 2 rings (SSSR count). The van der Waals surface area contributed by atoms with Gasteiger partial charge >= 0.3 is 10.2 Å². The standard InChI is InChI=1S/C13H19N3O3S/c1-2-13(17)15-8-10-16(11-9-15)20(18,19)14-12-6-4-3-5-7-12/h3-7,14H,2,8-11H2,1H3. The summed E-state index contributed by atoms with van der Waals surface area (Å²) in [6.07, 6.45) is 0.453. The summed E-state index contributed by atoms with van der Waals surface area (Å²) in [5.74, 6) is 0.0677. The number of piperazine rings is 1. The second-order valence-corrected chi connectivity index (χ2v) is 6.28. The van der Waals surface area contributed by atoms with Gasteiger partial charge in [0, 0.05) is 38.3 Å². The molecule has 7 heteroatoms. The van der Waals surface area contributed by atoms with Gasteiger partial charge in [-0.05, 0) is 12.1 Å². The first-order chi connectivity index (χ1) is 9.53. The fraction of sp³-hybridized carbons (Fsp3) is 0.462. The van der Waals surface area contributed by atoms with Crippen molar-refractivity contribution < 1.29 is 13.2 Å². The Morgan fingerprint density at radius 3 is 2.30 bits per heavy atom. The monoisotopic (exact) mass is 297 g/mol. The second-order valence-electron chi connectivity index (χ2n) is 4.61. The van der Waals surface area contributed by atoms with Crippen molar-refractivity contribution in [2.75, 3.05) is 30.9 Å². The predicted octanol–water partition coefficient (Wildman–Crippen LogP) is 0.897. The van der Waals surface area contributed by atoms with E-state index < -0.39 is 10.2 Å². The van der Waals surface area contributed by atoms with E-state index in [0.29, 0.717) is 38.3 Å². The average Bonchev–Trinajstić information content (AvgIpc) is 2.47. The molecule has 0 spiro atoms. The molecule has 1 aromatic carbocycles. The van der Waals surface area contributed by atoms with Crippen LogP contribution in [-0.2, 0) is 15.0 Å². The third-order valence-corrected chi connectivity index (χ3v) is 4.79. The van der Waals surface area contributed by atoms with Crippen LogP contribution in [0.15, 0.2) is 30.3 Å². The van der Waals surface area contributed by atoms with Crippen LogP contribution in [-0.4, -0.2) is 49.7 Å². The van der Waals surface area contributed by atoms with Gasteiger partial charge in [-0.3, -0.25) is 9.52 Å². The molecule has 0 aromatic heterocycles. The molecule has 1 aliphatic rings. The third kappa shape index (κ3) is 3.49. The molecule has 0 unspecified atom stereocenters. The van der Waals surface area contributed by atoms with Gasteiger partial charge in [-0.1, -0.05) is 25.1 Å². The predicted molar refractivity (Wildman–Crippen MR) is 77.4 cm³/mol. The average molecular weight is 297 g/mol. The fourth-order valence-electron chi connectivity index (χ4n) is 2.12. The number of nitrogens with one attached hydrogen (secondary N) is 1. The smallest absolute Gasteiger partial charge is 0.301 e. The lowest BCUT2D eigenvalue weighted by Crippen LogP contribution is -2.51. The summed E-state index contributed by atoms with van der Waals surface area (Å²) in [6, 6.07) is 8.78. The van der Waals surface area contributed by atoms with Gasteiger partial charge in [0.25, 0.3) is 0 Å². The highest BCUT2D eigenvalue weighted by Crippen LogP contribution is 2.13. The first-order valence-electron chi connectivity index (χ1n) is 6.63. The summed E-state index contributed by atoms with van der Waals surface area (Å²) in [6.45, 7) is 3.36. The van der Waals surface area contributed by atoms with E-state index >= 15 is 0 Å². The van der Waals surface area contributed by atoms with Crippen molar-refractivity contribution in [1.82, 2.24) is 9.21 Å². The molecular formula is C13H19N3O3S. The van der Waals surface area contributed by atoms with Crippen LogP contribution in [0.1, 0.15) is 13.3 Å². The van der Waals surface area contributed by atoms with Gasteiger partial charge in [-0.25, -0.2) is 0 Å². The summed E-state index contributed by atoms with van der Waals surface area (Å²) in [5, 5.41) is 0.